The Labute approximate surface area is 129 Å². The maximum absolute atomic E-state index is 4.56. The summed E-state index contributed by atoms with van der Waals surface area (Å²) in [4.78, 5) is 2.59. The molecule has 0 radical (unpaired) electrons. The lowest BCUT2D eigenvalue weighted by Gasteiger charge is -2.34. The number of likely N-dealkylation sites (tertiary alicyclic amines) is 1. The number of aryl methyl sites for hydroxylation is 2. The van der Waals surface area contributed by atoms with Gasteiger partial charge in [-0.05, 0) is 65.1 Å². The van der Waals surface area contributed by atoms with Crippen molar-refractivity contribution in [2.24, 2.45) is 13.0 Å². The van der Waals surface area contributed by atoms with E-state index in [4.69, 9.17) is 0 Å². The van der Waals surface area contributed by atoms with Gasteiger partial charge in [0, 0.05) is 25.7 Å². The number of hydrogen-bond donors (Lipinski definition) is 1. The second-order valence-corrected chi connectivity index (χ2v) is 7.48. The fourth-order valence-corrected chi connectivity index (χ4v) is 3.03. The zero-order chi connectivity index (χ0) is 15.5. The van der Waals surface area contributed by atoms with Gasteiger partial charge in [-0.3, -0.25) is 9.58 Å². The average Bonchev–Trinajstić information content (AvgIpc) is 2.77. The van der Waals surface area contributed by atoms with Crippen molar-refractivity contribution in [1.82, 2.24) is 20.0 Å². The van der Waals surface area contributed by atoms with Crippen LogP contribution in [0.25, 0.3) is 0 Å². The van der Waals surface area contributed by atoms with Crippen molar-refractivity contribution < 1.29 is 0 Å². The molecule has 0 bridgehead atoms. The Bertz CT molecular complexity index is 444. The van der Waals surface area contributed by atoms with Crippen LogP contribution in [0.4, 0.5) is 0 Å². The summed E-state index contributed by atoms with van der Waals surface area (Å²) in [6, 6.07) is 2.26. The lowest BCUT2D eigenvalue weighted by molar-refractivity contribution is 0.156. The molecule has 1 aliphatic heterocycles. The second-order valence-electron chi connectivity index (χ2n) is 7.48. The number of aromatic nitrogens is 2. The van der Waals surface area contributed by atoms with Gasteiger partial charge in [-0.1, -0.05) is 6.92 Å². The number of hydrogen-bond acceptors (Lipinski definition) is 3. The minimum atomic E-state index is 0.223. The predicted molar refractivity (Wildman–Crippen MR) is 88.3 cm³/mol. The topological polar surface area (TPSA) is 33.1 Å². The molecule has 4 heteroatoms. The van der Waals surface area contributed by atoms with Gasteiger partial charge in [0.2, 0.25) is 0 Å². The minimum Gasteiger partial charge on any atom is -0.312 e. The first kappa shape index (κ1) is 16.5. The van der Waals surface area contributed by atoms with Crippen LogP contribution in [0.2, 0.25) is 0 Å². The van der Waals surface area contributed by atoms with Crippen molar-refractivity contribution in [2.75, 3.05) is 19.6 Å². The summed E-state index contributed by atoms with van der Waals surface area (Å²) in [7, 11) is 2.07. The lowest BCUT2D eigenvalue weighted by Crippen LogP contribution is -2.44. The highest BCUT2D eigenvalue weighted by molar-refractivity contribution is 5.10. The fraction of sp³-hybridized carbons (Fsp3) is 0.824. The Hall–Kier alpha value is -0.870. The third-order valence-electron chi connectivity index (χ3n) is 4.30. The molecule has 120 valence electrons. The van der Waals surface area contributed by atoms with E-state index in [0.717, 1.165) is 25.4 Å². The predicted octanol–water partition coefficient (Wildman–Crippen LogP) is 2.58. The summed E-state index contributed by atoms with van der Waals surface area (Å²) in [6.07, 6.45) is 3.69. The third kappa shape index (κ3) is 5.11. The first-order valence-electron chi connectivity index (χ1n) is 8.36. The lowest BCUT2D eigenvalue weighted by atomic mass is 9.96. The van der Waals surface area contributed by atoms with Gasteiger partial charge >= 0.3 is 0 Å². The smallest absolute Gasteiger partial charge is 0.0625 e. The van der Waals surface area contributed by atoms with Crippen LogP contribution in [-0.2, 0) is 20.0 Å². The van der Waals surface area contributed by atoms with E-state index in [1.54, 1.807) is 0 Å². The molecule has 0 amide bonds. The quantitative estimate of drug-likeness (QED) is 0.905. The van der Waals surface area contributed by atoms with Crippen LogP contribution in [0.5, 0.6) is 0 Å². The van der Waals surface area contributed by atoms with Crippen LogP contribution >= 0.6 is 0 Å². The highest BCUT2D eigenvalue weighted by atomic mass is 15.3. The molecule has 0 spiro atoms. The molecule has 1 aliphatic rings. The maximum atomic E-state index is 4.56. The normalized spacial score (nSPS) is 20.9. The zero-order valence-corrected chi connectivity index (χ0v) is 14.4. The Morgan fingerprint density at radius 3 is 2.76 bits per heavy atom. The molecule has 2 rings (SSSR count). The van der Waals surface area contributed by atoms with Crippen molar-refractivity contribution >= 4 is 0 Å². The molecule has 1 N–H and O–H groups in total. The Kier molecular flexibility index (Phi) is 5.44. The molecule has 1 unspecified atom stereocenters. The molecule has 21 heavy (non-hydrogen) atoms. The molecule has 1 aromatic heterocycles. The molecule has 1 fully saturated rings. The molecule has 1 aromatic rings. The molecule has 0 aromatic carbocycles. The van der Waals surface area contributed by atoms with Gasteiger partial charge in [-0.2, -0.15) is 5.10 Å². The van der Waals surface area contributed by atoms with Crippen LogP contribution in [0.3, 0.4) is 0 Å². The number of rotatable bonds is 5. The third-order valence-corrected chi connectivity index (χ3v) is 4.30. The van der Waals surface area contributed by atoms with E-state index in [1.807, 2.05) is 0 Å². The summed E-state index contributed by atoms with van der Waals surface area (Å²) >= 11 is 0. The summed E-state index contributed by atoms with van der Waals surface area (Å²) in [5, 5.41) is 8.22. The Balaban J connectivity index is 1.87. The molecular formula is C17H32N4. The molecule has 0 saturated carbocycles. The Morgan fingerprint density at radius 2 is 2.14 bits per heavy atom. The van der Waals surface area contributed by atoms with Gasteiger partial charge in [0.05, 0.1) is 11.4 Å². The van der Waals surface area contributed by atoms with Crippen LogP contribution in [0.15, 0.2) is 6.07 Å². The highest BCUT2D eigenvalue weighted by Gasteiger charge is 2.22. The summed E-state index contributed by atoms with van der Waals surface area (Å²) < 4.78 is 2.05. The standard InChI is InChI=1S/C17H32N4/c1-6-15-10-16(20(5)19-15)13-21-9-7-8-14(12-21)11-18-17(2,3)4/h10,14,18H,6-9,11-13H2,1-5H3. The van der Waals surface area contributed by atoms with Crippen molar-refractivity contribution in [3.05, 3.63) is 17.5 Å². The number of piperidine rings is 1. The molecule has 0 aliphatic carbocycles. The molecule has 4 nitrogen and oxygen atoms in total. The largest absolute Gasteiger partial charge is 0.312 e. The summed E-state index contributed by atoms with van der Waals surface area (Å²) in [6.45, 7) is 13.5. The number of nitrogens with one attached hydrogen (secondary N) is 1. The molecule has 1 atom stereocenters. The van der Waals surface area contributed by atoms with Crippen molar-refractivity contribution in [1.29, 1.82) is 0 Å². The fourth-order valence-electron chi connectivity index (χ4n) is 3.03. The first-order valence-corrected chi connectivity index (χ1v) is 8.36. The van der Waals surface area contributed by atoms with E-state index < -0.39 is 0 Å². The van der Waals surface area contributed by atoms with E-state index in [-0.39, 0.29) is 5.54 Å². The van der Waals surface area contributed by atoms with Gasteiger partial charge in [-0.25, -0.2) is 0 Å². The van der Waals surface area contributed by atoms with Crippen LogP contribution < -0.4 is 5.32 Å². The van der Waals surface area contributed by atoms with E-state index in [1.165, 1.54) is 37.3 Å². The molecular weight excluding hydrogens is 260 g/mol. The second kappa shape index (κ2) is 6.93. The van der Waals surface area contributed by atoms with Gasteiger partial charge in [0.1, 0.15) is 0 Å². The van der Waals surface area contributed by atoms with Crippen molar-refractivity contribution in [3.8, 4) is 0 Å². The molecule has 2 heterocycles. The average molecular weight is 292 g/mol. The Morgan fingerprint density at radius 1 is 1.38 bits per heavy atom. The van der Waals surface area contributed by atoms with Crippen LogP contribution in [0.1, 0.15) is 51.9 Å². The number of nitrogens with zero attached hydrogens (tertiary/aromatic N) is 3. The monoisotopic (exact) mass is 292 g/mol. The first-order chi connectivity index (χ1) is 9.87. The van der Waals surface area contributed by atoms with Gasteiger partial charge < -0.3 is 5.32 Å². The summed E-state index contributed by atoms with van der Waals surface area (Å²) in [5.74, 6) is 0.775. The summed E-state index contributed by atoms with van der Waals surface area (Å²) in [5.41, 5.74) is 2.77. The molecule has 1 saturated heterocycles. The zero-order valence-electron chi connectivity index (χ0n) is 14.4. The SMILES string of the molecule is CCc1cc(CN2CCCC(CNC(C)(C)C)C2)n(C)n1. The van der Waals surface area contributed by atoms with E-state index >= 15 is 0 Å². The van der Waals surface area contributed by atoms with Crippen LogP contribution in [-0.4, -0.2) is 39.9 Å². The van der Waals surface area contributed by atoms with E-state index in [2.05, 4.69) is 60.8 Å². The van der Waals surface area contributed by atoms with E-state index in [9.17, 15) is 0 Å². The van der Waals surface area contributed by atoms with Crippen molar-refractivity contribution in [2.45, 2.75) is 59.0 Å². The van der Waals surface area contributed by atoms with Gasteiger partial charge in [-0.15, -0.1) is 0 Å². The van der Waals surface area contributed by atoms with Gasteiger partial charge in [0.25, 0.3) is 0 Å². The van der Waals surface area contributed by atoms with Crippen LogP contribution in [0, 0.1) is 5.92 Å². The van der Waals surface area contributed by atoms with E-state index in [0.29, 0.717) is 0 Å². The van der Waals surface area contributed by atoms with Gasteiger partial charge in [0.15, 0.2) is 0 Å². The minimum absolute atomic E-state index is 0.223. The maximum Gasteiger partial charge on any atom is 0.0625 e. The highest BCUT2D eigenvalue weighted by Crippen LogP contribution is 2.19. The van der Waals surface area contributed by atoms with Crippen molar-refractivity contribution in [3.63, 3.8) is 0 Å².